The van der Waals surface area contributed by atoms with E-state index in [9.17, 15) is 13.2 Å². The molecular weight excluding hydrogens is 300 g/mol. The Morgan fingerprint density at radius 1 is 1.14 bits per heavy atom. The van der Waals surface area contributed by atoms with Gasteiger partial charge in [-0.3, -0.25) is 4.79 Å². The summed E-state index contributed by atoms with van der Waals surface area (Å²) in [7, 11) is -0.661. The quantitative estimate of drug-likeness (QED) is 0.862. The van der Waals surface area contributed by atoms with Crippen LogP contribution in [-0.4, -0.2) is 45.0 Å². The van der Waals surface area contributed by atoms with Crippen molar-refractivity contribution < 1.29 is 13.2 Å². The molecule has 0 spiro atoms. The molecular formula is C16H26N2O3S. The van der Waals surface area contributed by atoms with Crippen LogP contribution in [0.25, 0.3) is 0 Å². The highest BCUT2D eigenvalue weighted by Gasteiger charge is 2.18. The molecule has 0 radical (unpaired) electrons. The molecule has 22 heavy (non-hydrogen) atoms. The van der Waals surface area contributed by atoms with Gasteiger partial charge in [-0.05, 0) is 23.0 Å². The van der Waals surface area contributed by atoms with Crippen LogP contribution in [0.4, 0.5) is 0 Å². The Hall–Kier alpha value is -1.40. The van der Waals surface area contributed by atoms with Gasteiger partial charge in [-0.15, -0.1) is 0 Å². The molecule has 0 heterocycles. The number of benzene rings is 1. The fourth-order valence-corrected chi connectivity index (χ4v) is 2.56. The molecule has 1 aromatic carbocycles. The third-order valence-corrected chi connectivity index (χ3v) is 5.17. The van der Waals surface area contributed by atoms with Crippen molar-refractivity contribution in [2.75, 3.05) is 26.4 Å². The van der Waals surface area contributed by atoms with Gasteiger partial charge in [0.05, 0.1) is 0 Å². The molecule has 124 valence electrons. The van der Waals surface area contributed by atoms with E-state index in [2.05, 4.69) is 38.2 Å². The van der Waals surface area contributed by atoms with E-state index in [1.54, 1.807) is 0 Å². The van der Waals surface area contributed by atoms with Gasteiger partial charge in [0, 0.05) is 20.6 Å². The van der Waals surface area contributed by atoms with E-state index in [0.29, 0.717) is 13.0 Å². The van der Waals surface area contributed by atoms with Crippen molar-refractivity contribution in [3.63, 3.8) is 0 Å². The monoisotopic (exact) mass is 326 g/mol. The predicted molar refractivity (Wildman–Crippen MR) is 89.3 cm³/mol. The normalized spacial score (nSPS) is 12.5. The fraction of sp³-hybridized carbons (Fsp3) is 0.562. The zero-order valence-electron chi connectivity index (χ0n) is 14.0. The van der Waals surface area contributed by atoms with Crippen molar-refractivity contribution in [3.8, 4) is 0 Å². The van der Waals surface area contributed by atoms with Gasteiger partial charge >= 0.3 is 0 Å². The topological polar surface area (TPSA) is 66.5 Å². The van der Waals surface area contributed by atoms with Gasteiger partial charge in [0.1, 0.15) is 5.75 Å². The molecule has 6 heteroatoms. The molecule has 0 aliphatic rings. The molecule has 0 unspecified atom stereocenters. The zero-order chi connectivity index (χ0) is 17.0. The maximum atomic E-state index is 11.6. The van der Waals surface area contributed by atoms with E-state index in [1.807, 2.05) is 12.1 Å². The molecule has 0 saturated heterocycles. The van der Waals surface area contributed by atoms with E-state index < -0.39 is 21.7 Å². The predicted octanol–water partition coefficient (Wildman–Crippen LogP) is 1.53. The average Bonchev–Trinajstić information content (AvgIpc) is 2.37. The third-order valence-electron chi connectivity index (χ3n) is 3.43. The molecule has 0 aromatic heterocycles. The lowest BCUT2D eigenvalue weighted by molar-refractivity contribution is -0.118. The largest absolute Gasteiger partial charge is 0.355 e. The first kappa shape index (κ1) is 18.6. The zero-order valence-corrected chi connectivity index (χ0v) is 14.8. The minimum atomic E-state index is -3.49. The molecule has 0 bridgehead atoms. The molecule has 1 N–H and O–H groups in total. The number of carbonyl (C=O) groups is 1. The second-order valence-corrected chi connectivity index (χ2v) is 8.77. The van der Waals surface area contributed by atoms with Gasteiger partial charge < -0.3 is 5.32 Å². The first-order valence-electron chi connectivity index (χ1n) is 7.29. The SMILES string of the molecule is CN(C)S(=O)(=O)CC(=O)NCCc1ccc(C(C)(C)C)cc1. The highest BCUT2D eigenvalue weighted by Crippen LogP contribution is 2.22. The lowest BCUT2D eigenvalue weighted by atomic mass is 9.86. The van der Waals surface area contributed by atoms with E-state index in [-0.39, 0.29) is 5.41 Å². The van der Waals surface area contributed by atoms with Crippen LogP contribution in [0, 0.1) is 0 Å². The smallest absolute Gasteiger partial charge is 0.236 e. The minimum Gasteiger partial charge on any atom is -0.355 e. The molecule has 0 atom stereocenters. The Morgan fingerprint density at radius 2 is 1.68 bits per heavy atom. The Morgan fingerprint density at radius 3 is 2.14 bits per heavy atom. The number of amides is 1. The summed E-state index contributed by atoms with van der Waals surface area (Å²) in [5.41, 5.74) is 2.49. The summed E-state index contributed by atoms with van der Waals surface area (Å²) >= 11 is 0. The molecule has 1 amide bonds. The highest BCUT2D eigenvalue weighted by molar-refractivity contribution is 7.89. The molecule has 1 aromatic rings. The van der Waals surface area contributed by atoms with Crippen molar-refractivity contribution in [2.24, 2.45) is 0 Å². The van der Waals surface area contributed by atoms with Crippen molar-refractivity contribution >= 4 is 15.9 Å². The summed E-state index contributed by atoms with van der Waals surface area (Å²) in [6.45, 7) is 6.91. The second-order valence-electron chi connectivity index (χ2n) is 6.59. The average molecular weight is 326 g/mol. The van der Waals surface area contributed by atoms with Crippen molar-refractivity contribution in [1.82, 2.24) is 9.62 Å². The second kappa shape index (κ2) is 7.24. The van der Waals surface area contributed by atoms with Gasteiger partial charge in [0.15, 0.2) is 0 Å². The van der Waals surface area contributed by atoms with Gasteiger partial charge in [-0.25, -0.2) is 12.7 Å². The van der Waals surface area contributed by atoms with Crippen LogP contribution in [0.1, 0.15) is 31.9 Å². The van der Waals surface area contributed by atoms with Gasteiger partial charge in [-0.1, -0.05) is 45.0 Å². The first-order chi connectivity index (χ1) is 10.0. The van der Waals surface area contributed by atoms with E-state index in [1.165, 1.54) is 19.7 Å². The molecule has 1 rings (SSSR count). The molecule has 0 saturated carbocycles. The Bertz CT molecular complexity index is 599. The lowest BCUT2D eigenvalue weighted by Crippen LogP contribution is -2.36. The van der Waals surface area contributed by atoms with E-state index in [4.69, 9.17) is 0 Å². The number of rotatable bonds is 6. The summed E-state index contributed by atoms with van der Waals surface area (Å²) in [5.74, 6) is -0.983. The summed E-state index contributed by atoms with van der Waals surface area (Å²) in [4.78, 5) is 11.6. The van der Waals surface area contributed by atoms with Crippen molar-refractivity contribution in [2.45, 2.75) is 32.6 Å². The lowest BCUT2D eigenvalue weighted by Gasteiger charge is -2.19. The highest BCUT2D eigenvalue weighted by atomic mass is 32.2. The maximum Gasteiger partial charge on any atom is 0.236 e. The van der Waals surface area contributed by atoms with Crippen molar-refractivity contribution in [3.05, 3.63) is 35.4 Å². The number of hydrogen-bond acceptors (Lipinski definition) is 3. The van der Waals surface area contributed by atoms with Crippen LogP contribution in [0.15, 0.2) is 24.3 Å². The van der Waals surface area contributed by atoms with Crippen LogP contribution in [0.5, 0.6) is 0 Å². The van der Waals surface area contributed by atoms with Crippen LogP contribution < -0.4 is 5.32 Å². The van der Waals surface area contributed by atoms with Gasteiger partial charge in [0.25, 0.3) is 0 Å². The molecule has 0 fully saturated rings. The number of sulfonamides is 1. The fourth-order valence-electron chi connectivity index (χ4n) is 1.86. The number of nitrogens with zero attached hydrogens (tertiary/aromatic N) is 1. The summed E-state index contributed by atoms with van der Waals surface area (Å²) < 4.78 is 24.2. The molecule has 0 aliphatic heterocycles. The summed E-state index contributed by atoms with van der Waals surface area (Å²) in [5, 5.41) is 2.64. The summed E-state index contributed by atoms with van der Waals surface area (Å²) in [6.07, 6.45) is 0.679. The number of hydrogen-bond donors (Lipinski definition) is 1. The van der Waals surface area contributed by atoms with E-state index >= 15 is 0 Å². The third kappa shape index (κ3) is 5.77. The minimum absolute atomic E-state index is 0.118. The standard InChI is InChI=1S/C16H26N2O3S/c1-16(2,3)14-8-6-13(7-9-14)10-11-17-15(19)12-22(20,21)18(4)5/h6-9H,10-12H2,1-5H3,(H,17,19). The van der Waals surface area contributed by atoms with Crippen LogP contribution in [-0.2, 0) is 26.7 Å². The Labute approximate surface area is 133 Å². The molecule has 5 nitrogen and oxygen atoms in total. The molecule has 0 aliphatic carbocycles. The summed E-state index contributed by atoms with van der Waals surface area (Å²) in [6, 6.07) is 8.27. The first-order valence-corrected chi connectivity index (χ1v) is 8.89. The van der Waals surface area contributed by atoms with E-state index in [0.717, 1.165) is 9.87 Å². The van der Waals surface area contributed by atoms with Crippen LogP contribution in [0.2, 0.25) is 0 Å². The van der Waals surface area contributed by atoms with Gasteiger partial charge in [0.2, 0.25) is 15.9 Å². The number of carbonyl (C=O) groups excluding carboxylic acids is 1. The van der Waals surface area contributed by atoms with Crippen molar-refractivity contribution in [1.29, 1.82) is 0 Å². The Kier molecular flexibility index (Phi) is 6.14. The van der Waals surface area contributed by atoms with Gasteiger partial charge in [-0.2, -0.15) is 0 Å². The van der Waals surface area contributed by atoms with Crippen LogP contribution >= 0.6 is 0 Å². The number of nitrogens with one attached hydrogen (secondary N) is 1. The van der Waals surface area contributed by atoms with Crippen LogP contribution in [0.3, 0.4) is 0 Å². The maximum absolute atomic E-state index is 11.6. The Balaban J connectivity index is 2.46.